The van der Waals surface area contributed by atoms with Gasteiger partial charge in [0, 0.05) is 19.6 Å². The Balaban J connectivity index is 1.60. The van der Waals surface area contributed by atoms with Crippen molar-refractivity contribution >= 4 is 23.4 Å². The number of aliphatic hydroxyl groups excluding tert-OH is 1. The third-order valence-corrected chi connectivity index (χ3v) is 4.65. The predicted molar refractivity (Wildman–Crippen MR) is 105 cm³/mol. The van der Waals surface area contributed by atoms with Gasteiger partial charge in [-0.3, -0.25) is 14.4 Å². The van der Waals surface area contributed by atoms with E-state index in [9.17, 15) is 19.5 Å². The quantitative estimate of drug-likeness (QED) is 0.687. The number of hydrogen-bond donors (Lipinski definition) is 3. The van der Waals surface area contributed by atoms with E-state index in [0.29, 0.717) is 29.9 Å². The van der Waals surface area contributed by atoms with Gasteiger partial charge in [0.25, 0.3) is 5.91 Å². The lowest BCUT2D eigenvalue weighted by molar-refractivity contribution is -0.136. The molecule has 1 atom stereocenters. The van der Waals surface area contributed by atoms with Crippen molar-refractivity contribution in [1.82, 2.24) is 10.2 Å². The number of aliphatic hydroxyl groups is 1. The van der Waals surface area contributed by atoms with Gasteiger partial charge in [0.1, 0.15) is 0 Å². The Morgan fingerprint density at radius 1 is 0.929 bits per heavy atom. The minimum absolute atomic E-state index is 0.0926. The van der Waals surface area contributed by atoms with Crippen molar-refractivity contribution < 1.29 is 19.5 Å². The Labute approximate surface area is 163 Å². The largest absolute Gasteiger partial charge is 0.387 e. The molecule has 0 radical (unpaired) electrons. The molecule has 0 aromatic heterocycles. The van der Waals surface area contributed by atoms with Gasteiger partial charge < -0.3 is 20.6 Å². The first-order valence-corrected chi connectivity index (χ1v) is 9.27. The van der Waals surface area contributed by atoms with Crippen LogP contribution in [0.3, 0.4) is 0 Å². The summed E-state index contributed by atoms with van der Waals surface area (Å²) in [6, 6.07) is 15.5. The van der Waals surface area contributed by atoms with Gasteiger partial charge in [0.15, 0.2) is 0 Å². The first-order valence-electron chi connectivity index (χ1n) is 9.27. The third-order valence-electron chi connectivity index (χ3n) is 4.65. The van der Waals surface area contributed by atoms with Crippen molar-refractivity contribution in [1.29, 1.82) is 0 Å². The molecule has 0 spiro atoms. The average Bonchev–Trinajstić information content (AvgIpc) is 3.27. The summed E-state index contributed by atoms with van der Waals surface area (Å²) in [4.78, 5) is 38.7. The van der Waals surface area contributed by atoms with Crippen LogP contribution in [0.15, 0.2) is 54.6 Å². The summed E-state index contributed by atoms with van der Waals surface area (Å²) in [5.41, 5.74) is 1.29. The fraction of sp³-hybridized carbons (Fsp3) is 0.286. The van der Waals surface area contributed by atoms with E-state index < -0.39 is 17.9 Å². The second-order valence-corrected chi connectivity index (χ2v) is 6.64. The van der Waals surface area contributed by atoms with Crippen LogP contribution in [0, 0.1) is 0 Å². The van der Waals surface area contributed by atoms with E-state index in [2.05, 4.69) is 10.6 Å². The van der Waals surface area contributed by atoms with Crippen LogP contribution in [0.5, 0.6) is 0 Å². The minimum atomic E-state index is -0.915. The maximum atomic E-state index is 12.6. The fourth-order valence-corrected chi connectivity index (χ4v) is 3.11. The number of para-hydroxylation sites is 1. The number of anilines is 1. The molecule has 7 heteroatoms. The fourth-order valence-electron chi connectivity index (χ4n) is 3.11. The van der Waals surface area contributed by atoms with Gasteiger partial charge in [0.05, 0.1) is 17.4 Å². The average molecular weight is 381 g/mol. The minimum Gasteiger partial charge on any atom is -0.387 e. The second kappa shape index (κ2) is 9.14. The molecule has 1 fully saturated rings. The van der Waals surface area contributed by atoms with E-state index in [1.54, 1.807) is 53.4 Å². The van der Waals surface area contributed by atoms with Crippen molar-refractivity contribution in [2.75, 3.05) is 25.0 Å². The van der Waals surface area contributed by atoms with Crippen LogP contribution in [0.2, 0.25) is 0 Å². The SMILES string of the molecule is O=C(NC[C@@H](O)c1ccccc1)C(=O)Nc1ccccc1C(=O)N1CCCC1. The van der Waals surface area contributed by atoms with Gasteiger partial charge >= 0.3 is 11.8 Å². The number of nitrogens with one attached hydrogen (secondary N) is 2. The summed E-state index contributed by atoms with van der Waals surface area (Å²) in [5.74, 6) is -1.92. The number of nitrogens with zero attached hydrogens (tertiary/aromatic N) is 1. The Morgan fingerprint density at radius 2 is 1.57 bits per heavy atom. The highest BCUT2D eigenvalue weighted by molar-refractivity contribution is 6.40. The standard InChI is InChI=1S/C21H23N3O4/c25-18(15-8-2-1-3-9-15)14-22-19(26)20(27)23-17-11-5-4-10-16(17)21(28)24-12-6-7-13-24/h1-5,8-11,18,25H,6-7,12-14H2,(H,22,26)(H,23,27)/t18-/m1/s1. The normalized spacial score (nSPS) is 14.4. The third kappa shape index (κ3) is 4.75. The van der Waals surface area contributed by atoms with Gasteiger partial charge in [-0.1, -0.05) is 42.5 Å². The number of benzene rings is 2. The van der Waals surface area contributed by atoms with Crippen LogP contribution in [-0.2, 0) is 9.59 Å². The monoisotopic (exact) mass is 381 g/mol. The molecule has 2 aromatic carbocycles. The highest BCUT2D eigenvalue weighted by Gasteiger charge is 2.23. The number of carbonyl (C=O) groups is 3. The zero-order valence-electron chi connectivity index (χ0n) is 15.4. The van der Waals surface area contributed by atoms with Crippen molar-refractivity contribution in [3.8, 4) is 0 Å². The lowest BCUT2D eigenvalue weighted by atomic mass is 10.1. The van der Waals surface area contributed by atoms with E-state index in [4.69, 9.17) is 0 Å². The molecule has 28 heavy (non-hydrogen) atoms. The van der Waals surface area contributed by atoms with E-state index in [0.717, 1.165) is 12.8 Å². The first-order chi connectivity index (χ1) is 13.6. The molecule has 1 saturated heterocycles. The molecule has 7 nitrogen and oxygen atoms in total. The zero-order valence-corrected chi connectivity index (χ0v) is 15.4. The molecule has 3 N–H and O–H groups in total. The van der Waals surface area contributed by atoms with Crippen LogP contribution in [0.1, 0.15) is 34.9 Å². The summed E-state index contributed by atoms with van der Waals surface area (Å²) in [6.07, 6.45) is 1.01. The van der Waals surface area contributed by atoms with E-state index in [-0.39, 0.29) is 12.5 Å². The van der Waals surface area contributed by atoms with E-state index in [1.807, 2.05) is 6.07 Å². The van der Waals surface area contributed by atoms with Crippen molar-refractivity contribution in [2.24, 2.45) is 0 Å². The molecular weight excluding hydrogens is 358 g/mol. The highest BCUT2D eigenvalue weighted by atomic mass is 16.3. The van der Waals surface area contributed by atoms with Crippen LogP contribution in [-0.4, -0.2) is 47.4 Å². The smallest absolute Gasteiger partial charge is 0.313 e. The van der Waals surface area contributed by atoms with Gasteiger partial charge in [-0.2, -0.15) is 0 Å². The molecular formula is C21H23N3O4. The van der Waals surface area contributed by atoms with Gasteiger partial charge in [-0.15, -0.1) is 0 Å². The van der Waals surface area contributed by atoms with E-state index >= 15 is 0 Å². The van der Waals surface area contributed by atoms with Crippen LogP contribution in [0.4, 0.5) is 5.69 Å². The first kappa shape index (κ1) is 19.6. The Bertz CT molecular complexity index is 848. The molecule has 1 aliphatic heterocycles. The topological polar surface area (TPSA) is 98.7 Å². The lowest BCUT2D eigenvalue weighted by Gasteiger charge is -2.18. The Hall–Kier alpha value is -3.19. The maximum Gasteiger partial charge on any atom is 0.313 e. The summed E-state index contributed by atoms with van der Waals surface area (Å²) < 4.78 is 0. The maximum absolute atomic E-state index is 12.6. The van der Waals surface area contributed by atoms with Crippen molar-refractivity contribution in [3.63, 3.8) is 0 Å². The van der Waals surface area contributed by atoms with Gasteiger partial charge in [-0.25, -0.2) is 0 Å². The molecule has 0 bridgehead atoms. The molecule has 3 amide bonds. The number of carbonyl (C=O) groups excluding carboxylic acids is 3. The molecule has 146 valence electrons. The molecule has 3 rings (SSSR count). The molecule has 0 saturated carbocycles. The summed E-state index contributed by atoms with van der Waals surface area (Å²) in [7, 11) is 0. The number of rotatable bonds is 5. The Kier molecular flexibility index (Phi) is 6.39. The summed E-state index contributed by atoms with van der Waals surface area (Å²) in [5, 5.41) is 15.0. The summed E-state index contributed by atoms with van der Waals surface area (Å²) >= 11 is 0. The number of hydrogen-bond acceptors (Lipinski definition) is 4. The van der Waals surface area contributed by atoms with Crippen molar-refractivity contribution in [2.45, 2.75) is 18.9 Å². The molecule has 0 unspecified atom stereocenters. The van der Waals surface area contributed by atoms with Gasteiger partial charge in [-0.05, 0) is 30.5 Å². The number of amides is 3. The van der Waals surface area contributed by atoms with Gasteiger partial charge in [0.2, 0.25) is 0 Å². The molecule has 1 aliphatic rings. The second-order valence-electron chi connectivity index (χ2n) is 6.64. The van der Waals surface area contributed by atoms with E-state index in [1.165, 1.54) is 0 Å². The van der Waals surface area contributed by atoms with Crippen LogP contribution >= 0.6 is 0 Å². The molecule has 2 aromatic rings. The van der Waals surface area contributed by atoms with Crippen molar-refractivity contribution in [3.05, 3.63) is 65.7 Å². The highest BCUT2D eigenvalue weighted by Crippen LogP contribution is 2.20. The molecule has 1 heterocycles. The zero-order chi connectivity index (χ0) is 19.9. The lowest BCUT2D eigenvalue weighted by Crippen LogP contribution is -2.38. The Morgan fingerprint density at radius 3 is 2.29 bits per heavy atom. The van der Waals surface area contributed by atoms with Crippen LogP contribution < -0.4 is 10.6 Å². The number of likely N-dealkylation sites (tertiary alicyclic amines) is 1. The van der Waals surface area contributed by atoms with Crippen LogP contribution in [0.25, 0.3) is 0 Å². The molecule has 0 aliphatic carbocycles. The summed E-state index contributed by atoms with van der Waals surface area (Å²) in [6.45, 7) is 1.29. The predicted octanol–water partition coefficient (Wildman–Crippen LogP) is 1.71.